The molecule has 1 aliphatic rings. The van der Waals surface area contributed by atoms with Crippen LogP contribution in [0.25, 0.3) is 11.4 Å². The molecule has 1 heterocycles. The molecule has 1 amide bonds. The average Bonchev–Trinajstić information content (AvgIpc) is 2.98. The van der Waals surface area contributed by atoms with Gasteiger partial charge in [-0.15, -0.1) is 10.2 Å². The van der Waals surface area contributed by atoms with E-state index in [2.05, 4.69) is 14.8 Å². The topological polar surface area (TPSA) is 73.8 Å². The lowest BCUT2D eigenvalue weighted by Crippen LogP contribution is -2.23. The quantitative estimate of drug-likeness (QED) is 0.738. The summed E-state index contributed by atoms with van der Waals surface area (Å²) < 4.78 is 2.12. The first-order chi connectivity index (χ1) is 12.0. The van der Waals surface area contributed by atoms with Gasteiger partial charge in [0, 0.05) is 16.6 Å². The summed E-state index contributed by atoms with van der Waals surface area (Å²) in [5.74, 6) is 0.349. The normalized spacial score (nSPS) is 16.8. The lowest BCUT2D eigenvalue weighted by atomic mass is 9.95. The van der Waals surface area contributed by atoms with Crippen molar-refractivity contribution in [3.8, 4) is 11.4 Å². The number of hydrogen-bond acceptors (Lipinski definition) is 4. The van der Waals surface area contributed by atoms with Gasteiger partial charge in [0.15, 0.2) is 11.0 Å². The van der Waals surface area contributed by atoms with Crippen LogP contribution in [0, 0.1) is 0 Å². The van der Waals surface area contributed by atoms with Gasteiger partial charge in [-0.3, -0.25) is 9.36 Å². The molecule has 1 aromatic heterocycles. The van der Waals surface area contributed by atoms with Crippen molar-refractivity contribution in [3.63, 3.8) is 0 Å². The standard InChI is InChI=1S/C17H20Cl2N4OS/c1-10(15(20)24)25-17-22-21-16(13-8-7-11(18)9-14(13)19)23(17)12-5-3-2-4-6-12/h7-10,12H,2-6H2,1H3,(H2,20,24)/t10-/m0/s1. The van der Waals surface area contributed by atoms with Crippen LogP contribution in [0.1, 0.15) is 45.1 Å². The number of hydrogen-bond donors (Lipinski definition) is 1. The zero-order valence-electron chi connectivity index (χ0n) is 13.9. The van der Waals surface area contributed by atoms with Crippen molar-refractivity contribution in [1.29, 1.82) is 0 Å². The van der Waals surface area contributed by atoms with E-state index in [9.17, 15) is 4.79 Å². The van der Waals surface area contributed by atoms with Crippen molar-refractivity contribution >= 4 is 40.9 Å². The first-order valence-corrected chi connectivity index (χ1v) is 9.97. The second-order valence-electron chi connectivity index (χ2n) is 6.25. The van der Waals surface area contributed by atoms with E-state index in [0.29, 0.717) is 27.1 Å². The van der Waals surface area contributed by atoms with Crippen LogP contribution in [0.5, 0.6) is 0 Å². The van der Waals surface area contributed by atoms with Crippen LogP contribution in [-0.4, -0.2) is 25.9 Å². The smallest absolute Gasteiger partial charge is 0.230 e. The summed E-state index contributed by atoms with van der Waals surface area (Å²) in [5.41, 5.74) is 6.21. The maximum Gasteiger partial charge on any atom is 0.230 e. The van der Waals surface area contributed by atoms with Crippen molar-refractivity contribution < 1.29 is 4.79 Å². The minimum Gasteiger partial charge on any atom is -0.369 e. The molecule has 0 saturated heterocycles. The number of nitrogens with two attached hydrogens (primary N) is 1. The first-order valence-electron chi connectivity index (χ1n) is 8.33. The third kappa shape index (κ3) is 4.13. The van der Waals surface area contributed by atoms with E-state index < -0.39 is 0 Å². The van der Waals surface area contributed by atoms with Crippen LogP contribution in [-0.2, 0) is 4.79 Å². The lowest BCUT2D eigenvalue weighted by molar-refractivity contribution is -0.117. The van der Waals surface area contributed by atoms with Gasteiger partial charge in [0.1, 0.15) is 0 Å². The number of carbonyl (C=O) groups is 1. The minimum absolute atomic E-state index is 0.299. The highest BCUT2D eigenvalue weighted by Gasteiger charge is 2.26. The second kappa shape index (κ2) is 7.98. The molecule has 8 heteroatoms. The van der Waals surface area contributed by atoms with Crippen LogP contribution >= 0.6 is 35.0 Å². The van der Waals surface area contributed by atoms with Gasteiger partial charge in [0.2, 0.25) is 5.91 Å². The molecule has 3 rings (SSSR count). The number of benzene rings is 1. The molecule has 0 bridgehead atoms. The molecule has 0 unspecified atom stereocenters. The number of thioether (sulfide) groups is 1. The predicted molar refractivity (Wildman–Crippen MR) is 102 cm³/mol. The van der Waals surface area contributed by atoms with Gasteiger partial charge >= 0.3 is 0 Å². The largest absolute Gasteiger partial charge is 0.369 e. The molecule has 2 aromatic rings. The van der Waals surface area contributed by atoms with E-state index in [1.165, 1.54) is 31.0 Å². The van der Waals surface area contributed by atoms with Gasteiger partial charge < -0.3 is 5.73 Å². The SMILES string of the molecule is C[C@H](Sc1nnc(-c2ccc(Cl)cc2Cl)n1C1CCCCC1)C(N)=O. The molecule has 2 N–H and O–H groups in total. The Morgan fingerprint density at radius 2 is 2.00 bits per heavy atom. The maximum absolute atomic E-state index is 11.5. The second-order valence-corrected chi connectivity index (χ2v) is 8.41. The fourth-order valence-corrected chi connectivity index (χ4v) is 4.46. The molecule has 0 radical (unpaired) electrons. The van der Waals surface area contributed by atoms with E-state index in [-0.39, 0.29) is 11.2 Å². The van der Waals surface area contributed by atoms with Crippen LogP contribution in [0.15, 0.2) is 23.4 Å². The Morgan fingerprint density at radius 1 is 1.28 bits per heavy atom. The molecule has 1 saturated carbocycles. The summed E-state index contributed by atoms with van der Waals surface area (Å²) in [6.07, 6.45) is 5.72. The number of rotatable bonds is 5. The number of amides is 1. The van der Waals surface area contributed by atoms with Crippen molar-refractivity contribution in [2.24, 2.45) is 5.73 Å². The monoisotopic (exact) mass is 398 g/mol. The molecular weight excluding hydrogens is 379 g/mol. The Bertz CT molecular complexity index is 774. The van der Waals surface area contributed by atoms with Crippen molar-refractivity contribution in [2.75, 3.05) is 0 Å². The van der Waals surface area contributed by atoms with Crippen molar-refractivity contribution in [1.82, 2.24) is 14.8 Å². The summed E-state index contributed by atoms with van der Waals surface area (Å²) in [4.78, 5) is 11.5. The molecule has 25 heavy (non-hydrogen) atoms. The molecule has 1 atom stereocenters. The van der Waals surface area contributed by atoms with E-state index in [4.69, 9.17) is 28.9 Å². The number of carbonyl (C=O) groups excluding carboxylic acids is 1. The Hall–Kier alpha value is -1.24. The maximum atomic E-state index is 11.5. The third-order valence-corrected chi connectivity index (χ3v) is 6.08. The molecular formula is C17H20Cl2N4OS. The summed E-state index contributed by atoms with van der Waals surface area (Å²) in [7, 11) is 0. The van der Waals surface area contributed by atoms with Crippen molar-refractivity contribution in [3.05, 3.63) is 28.2 Å². The predicted octanol–water partition coefficient (Wildman–Crippen LogP) is 4.72. The Balaban J connectivity index is 2.05. The van der Waals surface area contributed by atoms with E-state index in [0.717, 1.165) is 18.4 Å². The molecule has 1 fully saturated rings. The van der Waals surface area contributed by atoms with Gasteiger partial charge in [-0.2, -0.15) is 0 Å². The fourth-order valence-electron chi connectivity index (χ4n) is 3.10. The van der Waals surface area contributed by atoms with Crippen LogP contribution in [0.2, 0.25) is 10.0 Å². The van der Waals surface area contributed by atoms with Gasteiger partial charge in [-0.05, 0) is 38.0 Å². The Labute approximate surface area is 161 Å². The lowest BCUT2D eigenvalue weighted by Gasteiger charge is -2.26. The Morgan fingerprint density at radius 3 is 2.64 bits per heavy atom. The molecule has 134 valence electrons. The van der Waals surface area contributed by atoms with E-state index in [1.54, 1.807) is 19.1 Å². The number of halogens is 2. The highest BCUT2D eigenvalue weighted by Crippen LogP contribution is 2.38. The first kappa shape index (κ1) is 18.5. The minimum atomic E-state index is -0.375. The van der Waals surface area contributed by atoms with Gasteiger partial charge in [0.05, 0.1) is 10.3 Å². The van der Waals surface area contributed by atoms with Crippen molar-refractivity contribution in [2.45, 2.75) is 55.5 Å². The molecule has 1 aliphatic carbocycles. The summed E-state index contributed by atoms with van der Waals surface area (Å²) in [6.45, 7) is 1.78. The van der Waals surface area contributed by atoms with Gasteiger partial charge in [-0.1, -0.05) is 54.2 Å². The molecule has 1 aromatic carbocycles. The number of aromatic nitrogens is 3. The van der Waals surface area contributed by atoms with E-state index >= 15 is 0 Å². The zero-order chi connectivity index (χ0) is 18.0. The molecule has 0 aliphatic heterocycles. The van der Waals surface area contributed by atoms with Crippen LogP contribution in [0.4, 0.5) is 0 Å². The Kier molecular flexibility index (Phi) is 5.92. The number of primary amides is 1. The zero-order valence-corrected chi connectivity index (χ0v) is 16.2. The summed E-state index contributed by atoms with van der Waals surface area (Å²) in [6, 6.07) is 5.66. The summed E-state index contributed by atoms with van der Waals surface area (Å²) >= 11 is 13.8. The average molecular weight is 399 g/mol. The highest BCUT2D eigenvalue weighted by atomic mass is 35.5. The number of nitrogens with zero attached hydrogens (tertiary/aromatic N) is 3. The summed E-state index contributed by atoms with van der Waals surface area (Å²) in [5, 5.41) is 10.2. The van der Waals surface area contributed by atoms with Gasteiger partial charge in [-0.25, -0.2) is 0 Å². The van der Waals surface area contributed by atoms with Crippen LogP contribution < -0.4 is 5.73 Å². The highest BCUT2D eigenvalue weighted by molar-refractivity contribution is 8.00. The third-order valence-electron chi connectivity index (χ3n) is 4.46. The van der Waals surface area contributed by atoms with Crippen LogP contribution in [0.3, 0.4) is 0 Å². The molecule has 0 spiro atoms. The fraction of sp³-hybridized carbons (Fsp3) is 0.471. The van der Waals surface area contributed by atoms with Gasteiger partial charge in [0.25, 0.3) is 0 Å². The van der Waals surface area contributed by atoms with E-state index in [1.807, 2.05) is 6.07 Å². The molecule has 5 nitrogen and oxygen atoms in total.